The second-order valence-corrected chi connectivity index (χ2v) is 6.25. The van der Waals surface area contributed by atoms with Crippen molar-refractivity contribution in [2.24, 2.45) is 5.92 Å². The molecule has 2 rings (SSSR count). The first-order valence-corrected chi connectivity index (χ1v) is 8.21. The molecule has 4 heteroatoms. The monoisotopic (exact) mass is 327 g/mol. The lowest BCUT2D eigenvalue weighted by Crippen LogP contribution is -2.30. The van der Waals surface area contributed by atoms with E-state index in [9.17, 15) is 4.79 Å². The van der Waals surface area contributed by atoms with Crippen LogP contribution in [0.4, 0.5) is 5.69 Å². The molecule has 2 aromatic rings. The maximum absolute atomic E-state index is 12.3. The normalized spacial score (nSPS) is 11.9. The molecular formula is C20H25NO3. The van der Waals surface area contributed by atoms with E-state index in [-0.39, 0.29) is 5.91 Å². The summed E-state index contributed by atoms with van der Waals surface area (Å²) in [5.41, 5.74) is 1.70. The number of nitrogens with one attached hydrogen (secondary N) is 1. The quantitative estimate of drug-likeness (QED) is 0.818. The van der Waals surface area contributed by atoms with Crippen molar-refractivity contribution >= 4 is 11.6 Å². The zero-order chi connectivity index (χ0) is 17.5. The van der Waals surface area contributed by atoms with Gasteiger partial charge in [-0.2, -0.15) is 0 Å². The van der Waals surface area contributed by atoms with Crippen LogP contribution in [0, 0.1) is 12.8 Å². The third kappa shape index (κ3) is 5.30. The molecule has 0 aromatic heterocycles. The van der Waals surface area contributed by atoms with Crippen LogP contribution in [-0.2, 0) is 4.79 Å². The topological polar surface area (TPSA) is 47.6 Å². The maximum Gasteiger partial charge on any atom is 0.265 e. The minimum Gasteiger partial charge on any atom is -0.493 e. The molecule has 2 aromatic carbocycles. The van der Waals surface area contributed by atoms with Gasteiger partial charge >= 0.3 is 0 Å². The summed E-state index contributed by atoms with van der Waals surface area (Å²) in [5.74, 6) is 1.72. The lowest BCUT2D eigenvalue weighted by Gasteiger charge is -2.16. The summed E-state index contributed by atoms with van der Waals surface area (Å²) >= 11 is 0. The molecule has 128 valence electrons. The Labute approximate surface area is 143 Å². The Hall–Kier alpha value is -2.49. The number of hydrogen-bond acceptors (Lipinski definition) is 3. The lowest BCUT2D eigenvalue weighted by molar-refractivity contribution is -0.122. The fraction of sp³-hybridized carbons (Fsp3) is 0.350. The van der Waals surface area contributed by atoms with Crippen molar-refractivity contribution in [2.45, 2.75) is 33.8 Å². The fourth-order valence-electron chi connectivity index (χ4n) is 2.10. The molecule has 1 unspecified atom stereocenters. The SMILES string of the molecule is Cc1ccccc1OC(C)C(=O)Nc1cccc(OCC(C)C)c1. The van der Waals surface area contributed by atoms with Crippen molar-refractivity contribution in [3.05, 3.63) is 54.1 Å². The van der Waals surface area contributed by atoms with E-state index in [0.29, 0.717) is 24.0 Å². The smallest absolute Gasteiger partial charge is 0.265 e. The van der Waals surface area contributed by atoms with Crippen molar-refractivity contribution in [3.8, 4) is 11.5 Å². The van der Waals surface area contributed by atoms with Crippen LogP contribution in [0.1, 0.15) is 26.3 Å². The van der Waals surface area contributed by atoms with Crippen LogP contribution < -0.4 is 14.8 Å². The number of amides is 1. The van der Waals surface area contributed by atoms with Gasteiger partial charge in [-0.25, -0.2) is 0 Å². The Kier molecular flexibility index (Phi) is 6.24. The average molecular weight is 327 g/mol. The minimum atomic E-state index is -0.591. The van der Waals surface area contributed by atoms with Crippen molar-refractivity contribution in [2.75, 3.05) is 11.9 Å². The average Bonchev–Trinajstić information content (AvgIpc) is 2.55. The molecule has 0 heterocycles. The highest BCUT2D eigenvalue weighted by molar-refractivity contribution is 5.94. The molecular weight excluding hydrogens is 302 g/mol. The van der Waals surface area contributed by atoms with Gasteiger partial charge in [0, 0.05) is 11.8 Å². The Morgan fingerprint density at radius 2 is 1.83 bits per heavy atom. The molecule has 4 nitrogen and oxygen atoms in total. The van der Waals surface area contributed by atoms with E-state index in [1.165, 1.54) is 0 Å². The van der Waals surface area contributed by atoms with Crippen LogP contribution in [0.3, 0.4) is 0 Å². The van der Waals surface area contributed by atoms with Gasteiger partial charge in [0.25, 0.3) is 5.91 Å². The van der Waals surface area contributed by atoms with Crippen molar-refractivity contribution in [3.63, 3.8) is 0 Å². The van der Waals surface area contributed by atoms with E-state index in [1.807, 2.05) is 55.5 Å². The largest absolute Gasteiger partial charge is 0.493 e. The van der Waals surface area contributed by atoms with Crippen LogP contribution in [0.2, 0.25) is 0 Å². The molecule has 1 N–H and O–H groups in total. The van der Waals surface area contributed by atoms with Crippen LogP contribution >= 0.6 is 0 Å². The van der Waals surface area contributed by atoms with E-state index in [1.54, 1.807) is 6.92 Å². The molecule has 24 heavy (non-hydrogen) atoms. The first-order chi connectivity index (χ1) is 11.5. The summed E-state index contributed by atoms with van der Waals surface area (Å²) in [6.07, 6.45) is -0.591. The van der Waals surface area contributed by atoms with Crippen molar-refractivity contribution < 1.29 is 14.3 Å². The van der Waals surface area contributed by atoms with Gasteiger partial charge < -0.3 is 14.8 Å². The number of aryl methyl sites for hydroxylation is 1. The van der Waals surface area contributed by atoms with E-state index in [2.05, 4.69) is 19.2 Å². The van der Waals surface area contributed by atoms with E-state index in [4.69, 9.17) is 9.47 Å². The number of para-hydroxylation sites is 1. The minimum absolute atomic E-state index is 0.195. The second-order valence-electron chi connectivity index (χ2n) is 6.25. The molecule has 0 spiro atoms. The maximum atomic E-state index is 12.3. The van der Waals surface area contributed by atoms with Crippen LogP contribution in [-0.4, -0.2) is 18.6 Å². The van der Waals surface area contributed by atoms with Crippen LogP contribution in [0.25, 0.3) is 0 Å². The predicted octanol–water partition coefficient (Wildman–Crippen LogP) is 4.44. The third-order valence-electron chi connectivity index (χ3n) is 3.45. The van der Waals surface area contributed by atoms with Gasteiger partial charge in [-0.1, -0.05) is 38.1 Å². The third-order valence-corrected chi connectivity index (χ3v) is 3.45. The van der Waals surface area contributed by atoms with E-state index < -0.39 is 6.10 Å². The zero-order valence-corrected chi connectivity index (χ0v) is 14.7. The Morgan fingerprint density at radius 1 is 1.08 bits per heavy atom. The molecule has 0 aliphatic heterocycles. The highest BCUT2D eigenvalue weighted by Crippen LogP contribution is 2.20. The first kappa shape index (κ1) is 17.9. The number of carbonyl (C=O) groups excluding carboxylic acids is 1. The molecule has 0 saturated carbocycles. The summed E-state index contributed by atoms with van der Waals surface area (Å²) in [5, 5.41) is 2.87. The van der Waals surface area contributed by atoms with Gasteiger partial charge in [-0.05, 0) is 43.5 Å². The molecule has 1 atom stereocenters. The molecule has 0 saturated heterocycles. The summed E-state index contributed by atoms with van der Waals surface area (Å²) in [7, 11) is 0. The lowest BCUT2D eigenvalue weighted by atomic mass is 10.2. The van der Waals surface area contributed by atoms with Gasteiger partial charge in [-0.15, -0.1) is 0 Å². The Bertz CT molecular complexity index is 682. The first-order valence-electron chi connectivity index (χ1n) is 8.21. The molecule has 0 radical (unpaired) electrons. The second kappa shape index (κ2) is 8.39. The molecule has 0 aliphatic rings. The molecule has 0 bridgehead atoms. The van der Waals surface area contributed by atoms with E-state index >= 15 is 0 Å². The van der Waals surface area contributed by atoms with Gasteiger partial charge in [0.1, 0.15) is 11.5 Å². The molecule has 1 amide bonds. The standard InChI is InChI=1S/C20H25NO3/c1-14(2)13-23-18-10-7-9-17(12-18)21-20(22)16(4)24-19-11-6-5-8-15(19)3/h5-12,14,16H,13H2,1-4H3,(H,21,22). The summed E-state index contributed by atoms with van der Waals surface area (Å²) in [6, 6.07) is 15.0. The summed E-state index contributed by atoms with van der Waals surface area (Å²) in [4.78, 5) is 12.3. The number of hydrogen-bond donors (Lipinski definition) is 1. The highest BCUT2D eigenvalue weighted by Gasteiger charge is 2.16. The number of rotatable bonds is 7. The van der Waals surface area contributed by atoms with Crippen molar-refractivity contribution in [1.82, 2.24) is 0 Å². The number of benzene rings is 2. The summed E-state index contributed by atoms with van der Waals surface area (Å²) in [6.45, 7) is 8.52. The zero-order valence-electron chi connectivity index (χ0n) is 14.7. The number of anilines is 1. The number of carbonyl (C=O) groups is 1. The van der Waals surface area contributed by atoms with Crippen LogP contribution in [0.5, 0.6) is 11.5 Å². The summed E-state index contributed by atoms with van der Waals surface area (Å²) < 4.78 is 11.4. The van der Waals surface area contributed by atoms with Gasteiger partial charge in [-0.3, -0.25) is 4.79 Å². The predicted molar refractivity (Wildman–Crippen MR) is 96.7 cm³/mol. The molecule has 0 fully saturated rings. The Balaban J connectivity index is 1.96. The highest BCUT2D eigenvalue weighted by atomic mass is 16.5. The fourth-order valence-corrected chi connectivity index (χ4v) is 2.10. The molecule has 0 aliphatic carbocycles. The Morgan fingerprint density at radius 3 is 2.54 bits per heavy atom. The van der Waals surface area contributed by atoms with Gasteiger partial charge in [0.15, 0.2) is 6.10 Å². The van der Waals surface area contributed by atoms with Gasteiger partial charge in [0.2, 0.25) is 0 Å². The van der Waals surface area contributed by atoms with Crippen LogP contribution in [0.15, 0.2) is 48.5 Å². The van der Waals surface area contributed by atoms with E-state index in [0.717, 1.165) is 11.3 Å². The number of ether oxygens (including phenoxy) is 2. The van der Waals surface area contributed by atoms with Gasteiger partial charge in [0.05, 0.1) is 6.61 Å². The van der Waals surface area contributed by atoms with Crippen molar-refractivity contribution in [1.29, 1.82) is 0 Å².